The van der Waals surface area contributed by atoms with Crippen molar-refractivity contribution in [3.8, 4) is 0 Å². The van der Waals surface area contributed by atoms with E-state index in [-0.39, 0.29) is 0 Å². The quantitative estimate of drug-likeness (QED) is 0.285. The maximum Gasteiger partial charge on any atom is 0.314 e. The molecule has 1 fully saturated rings. The second kappa shape index (κ2) is 14.2. The summed E-state index contributed by atoms with van der Waals surface area (Å²) in [5.41, 5.74) is 0. The first-order chi connectivity index (χ1) is 14.9. The fraction of sp³-hybridized carbons (Fsp3) is 1.00. The van der Waals surface area contributed by atoms with Crippen LogP contribution in [0.3, 0.4) is 0 Å². The van der Waals surface area contributed by atoms with E-state index in [0.29, 0.717) is 0 Å². The lowest BCUT2D eigenvalue weighted by Gasteiger charge is -2.42. The van der Waals surface area contributed by atoms with E-state index < -0.39 is 102 Å². The molecule has 1 atom stereocenters. The average Bonchev–Trinajstić information content (AvgIpc) is 2.53. The van der Waals surface area contributed by atoms with E-state index in [0.717, 1.165) is 0 Å². The van der Waals surface area contributed by atoms with Gasteiger partial charge >= 0.3 is 42.8 Å². The van der Waals surface area contributed by atoms with Gasteiger partial charge in [0, 0.05) is 0 Å². The van der Waals surface area contributed by atoms with Gasteiger partial charge in [0.25, 0.3) is 59.3 Å². The van der Waals surface area contributed by atoms with E-state index in [4.69, 9.17) is 45.3 Å². The van der Waals surface area contributed by atoms with Crippen LogP contribution in [0.1, 0.15) is 0 Å². The molecule has 11 nitrogen and oxygen atoms in total. The van der Waals surface area contributed by atoms with E-state index in [9.17, 15) is 0 Å². The third-order valence-corrected chi connectivity index (χ3v) is 34.1. The summed E-state index contributed by atoms with van der Waals surface area (Å²) >= 11 is 0. The van der Waals surface area contributed by atoms with Crippen molar-refractivity contribution in [1.29, 1.82) is 0 Å². The summed E-state index contributed by atoms with van der Waals surface area (Å²) in [6.45, 7) is 22.4. The van der Waals surface area contributed by atoms with Crippen molar-refractivity contribution in [3.05, 3.63) is 0 Å². The Morgan fingerprint density at radius 1 is 0.455 bits per heavy atom. The molecule has 1 aliphatic rings. The summed E-state index contributed by atoms with van der Waals surface area (Å²) in [6, 6.07) is 0. The van der Waals surface area contributed by atoms with Gasteiger partial charge < -0.3 is 45.3 Å². The SMILES string of the molecule is C[SiH]1O[SiH2]O[SiH2]O[SiH2]O[SiH2]O[SiH2]O[Si](C)(C)O[Si](C)(C)O[Si](C)(C)O[Si](C)(C)O[Si](C)(C)O1. The highest BCUT2D eigenvalue weighted by Gasteiger charge is 2.46. The Morgan fingerprint density at radius 2 is 0.818 bits per heavy atom. The first-order valence-electron chi connectivity index (χ1n) is 11.0. The summed E-state index contributed by atoms with van der Waals surface area (Å²) in [5, 5.41) is 0. The predicted molar refractivity (Wildman–Crippen MR) is 155 cm³/mol. The van der Waals surface area contributed by atoms with Crippen molar-refractivity contribution in [2.45, 2.75) is 72.0 Å². The zero-order valence-corrected chi connectivity index (χ0v) is 35.3. The molecule has 0 aromatic carbocycles. The molecule has 1 aliphatic heterocycles. The van der Waals surface area contributed by atoms with Crippen LogP contribution in [0, 0.1) is 0 Å². The van der Waals surface area contributed by atoms with Crippen LogP contribution in [0.4, 0.5) is 0 Å². The minimum absolute atomic E-state index is 1.05. The Morgan fingerprint density at radius 3 is 1.30 bits per heavy atom. The van der Waals surface area contributed by atoms with E-state index in [2.05, 4.69) is 0 Å². The number of hydrogen-bond donors (Lipinski definition) is 0. The first kappa shape index (κ1) is 33.0. The molecule has 0 aliphatic carbocycles. The van der Waals surface area contributed by atoms with Crippen LogP contribution in [0.5, 0.6) is 0 Å². The Kier molecular flexibility index (Phi) is 14.2. The van der Waals surface area contributed by atoms with Crippen molar-refractivity contribution < 1.29 is 45.3 Å². The van der Waals surface area contributed by atoms with Crippen LogP contribution in [-0.4, -0.2) is 102 Å². The van der Waals surface area contributed by atoms with E-state index in [1.165, 1.54) is 0 Å². The van der Waals surface area contributed by atoms with Crippen molar-refractivity contribution in [2.75, 3.05) is 0 Å². The summed E-state index contributed by atoms with van der Waals surface area (Å²) in [7, 11) is -19.7. The Labute approximate surface area is 218 Å². The maximum absolute atomic E-state index is 6.55. The molecule has 33 heavy (non-hydrogen) atoms. The highest BCUT2D eigenvalue weighted by atomic mass is 28.5. The first-order valence-corrected chi connectivity index (χ1v) is 32.9. The lowest BCUT2D eigenvalue weighted by molar-refractivity contribution is 0.266. The third-order valence-electron chi connectivity index (χ3n) is 3.79. The molecule has 1 rings (SSSR count). The standard InChI is InChI=1S/C11H44O11Si11/c1-28-16-26-14-24-12-23-13-25-15-27-17-29(2,3)19-31(6,7)21-33(10,11)22-32(8,9)20-30(4,5)18-28/h28H,23-27H2,1-11H3. The molecule has 0 radical (unpaired) electrons. The Hall–Kier alpha value is 1.95. The molecule has 1 unspecified atom stereocenters. The van der Waals surface area contributed by atoms with E-state index in [1.54, 1.807) is 0 Å². The summed E-state index contributed by atoms with van der Waals surface area (Å²) < 4.78 is 66.8. The van der Waals surface area contributed by atoms with E-state index >= 15 is 0 Å². The van der Waals surface area contributed by atoms with Crippen molar-refractivity contribution >= 4 is 102 Å². The van der Waals surface area contributed by atoms with Gasteiger partial charge in [0.2, 0.25) is 0 Å². The molecule has 0 spiro atoms. The van der Waals surface area contributed by atoms with Crippen LogP contribution >= 0.6 is 0 Å². The lowest BCUT2D eigenvalue weighted by Crippen LogP contribution is -2.59. The molecular formula is C11H44O11Si11. The normalized spacial score (nSPS) is 34.1. The Bertz CT molecular complexity index is 583. The lowest BCUT2D eigenvalue weighted by atomic mass is 11.9. The molecule has 0 N–H and O–H groups in total. The van der Waals surface area contributed by atoms with Gasteiger partial charge in [-0.2, -0.15) is 0 Å². The largest absolute Gasteiger partial charge is 0.425 e. The summed E-state index contributed by atoms with van der Waals surface area (Å²) in [6.07, 6.45) is 0. The van der Waals surface area contributed by atoms with Crippen LogP contribution in [0.2, 0.25) is 72.0 Å². The zero-order valence-electron chi connectivity index (χ0n) is 22.1. The van der Waals surface area contributed by atoms with Crippen molar-refractivity contribution in [1.82, 2.24) is 0 Å². The predicted octanol–water partition coefficient (Wildman–Crippen LogP) is -1.46. The molecule has 0 amide bonds. The maximum atomic E-state index is 6.55. The average molecular weight is 661 g/mol. The topological polar surface area (TPSA) is 102 Å². The van der Waals surface area contributed by atoms with Crippen molar-refractivity contribution in [3.63, 3.8) is 0 Å². The molecule has 0 bridgehead atoms. The van der Waals surface area contributed by atoms with Gasteiger partial charge in [0.15, 0.2) is 0 Å². The highest BCUT2D eigenvalue weighted by Crippen LogP contribution is 2.26. The summed E-state index contributed by atoms with van der Waals surface area (Å²) in [4.78, 5) is 0. The fourth-order valence-electron chi connectivity index (χ4n) is 3.56. The van der Waals surface area contributed by atoms with Gasteiger partial charge in [-0.25, -0.2) is 0 Å². The van der Waals surface area contributed by atoms with Crippen LogP contribution in [0.25, 0.3) is 0 Å². The van der Waals surface area contributed by atoms with Gasteiger partial charge in [0.05, 0.1) is 0 Å². The van der Waals surface area contributed by atoms with Crippen LogP contribution in [-0.2, 0) is 45.3 Å². The zero-order chi connectivity index (χ0) is 25.4. The monoisotopic (exact) mass is 660 g/mol. The molecule has 198 valence electrons. The number of hydrogen-bond acceptors (Lipinski definition) is 11. The van der Waals surface area contributed by atoms with Crippen LogP contribution < -0.4 is 0 Å². The minimum atomic E-state index is -2.54. The Balaban J connectivity index is 2.88. The molecule has 0 aromatic heterocycles. The second-order valence-electron chi connectivity index (χ2n) is 9.81. The van der Waals surface area contributed by atoms with Gasteiger partial charge in [-0.05, 0) is 72.0 Å². The smallest absolute Gasteiger partial charge is 0.314 e. The van der Waals surface area contributed by atoms with Gasteiger partial charge in [-0.1, -0.05) is 0 Å². The van der Waals surface area contributed by atoms with Crippen LogP contribution in [0.15, 0.2) is 0 Å². The molecule has 1 saturated heterocycles. The minimum Gasteiger partial charge on any atom is -0.425 e. The molecular weight excluding hydrogens is 617 g/mol. The second-order valence-corrected chi connectivity index (χ2v) is 39.4. The number of rotatable bonds is 0. The van der Waals surface area contributed by atoms with E-state index in [1.807, 2.05) is 72.0 Å². The van der Waals surface area contributed by atoms with Gasteiger partial charge in [-0.15, -0.1) is 0 Å². The summed E-state index contributed by atoms with van der Waals surface area (Å²) in [5.74, 6) is 0. The van der Waals surface area contributed by atoms with Gasteiger partial charge in [0.1, 0.15) is 0 Å². The fourth-order valence-corrected chi connectivity index (χ4v) is 39.5. The third kappa shape index (κ3) is 16.4. The van der Waals surface area contributed by atoms with Crippen molar-refractivity contribution in [2.24, 2.45) is 0 Å². The molecule has 1 heterocycles. The molecule has 0 saturated carbocycles. The molecule has 22 heteroatoms. The molecule has 0 aromatic rings. The highest BCUT2D eigenvalue weighted by molar-refractivity contribution is 6.90. The van der Waals surface area contributed by atoms with Gasteiger partial charge in [-0.3, -0.25) is 0 Å².